The zero-order valence-electron chi connectivity index (χ0n) is 61.6. The van der Waals surface area contributed by atoms with Crippen LogP contribution >= 0.6 is 0 Å². The molecule has 41 heteroatoms. The maximum Gasteiger partial charge on any atom is 0.460 e. The van der Waals surface area contributed by atoms with Crippen LogP contribution in [0.3, 0.4) is 0 Å². The first-order chi connectivity index (χ1) is 53.6. The Kier molecular flexibility index (Phi) is 30.4. The Morgan fingerprint density at radius 2 is 0.707 bits per heavy atom. The maximum atomic E-state index is 15.4. The molecule has 0 N–H and O–H groups in total. The minimum atomic E-state index is -8.02. The van der Waals surface area contributed by atoms with E-state index in [9.17, 15) is 134 Å². The highest BCUT2D eigenvalue weighted by atomic mass is 19.4. The molecule has 5 fully saturated rings. The van der Waals surface area contributed by atoms with E-state index in [0.29, 0.717) is 17.9 Å². The Morgan fingerprint density at radius 1 is 0.371 bits per heavy atom. The van der Waals surface area contributed by atoms with Gasteiger partial charge in [-0.1, -0.05) is 127 Å². The van der Waals surface area contributed by atoms with Gasteiger partial charge in [0.05, 0.1) is 91.8 Å². The van der Waals surface area contributed by atoms with Crippen molar-refractivity contribution in [2.75, 3.05) is 49.3 Å². The van der Waals surface area contributed by atoms with E-state index in [1.54, 1.807) is 42.5 Å². The van der Waals surface area contributed by atoms with Gasteiger partial charge >= 0.3 is 107 Å². The van der Waals surface area contributed by atoms with Crippen molar-refractivity contribution in [3.8, 4) is 0 Å². The van der Waals surface area contributed by atoms with Gasteiger partial charge in [0.2, 0.25) is 0 Å². The lowest BCUT2D eigenvalue weighted by atomic mass is 9.81. The molecule has 2 heterocycles. The van der Waals surface area contributed by atoms with Crippen LogP contribution in [-0.2, 0) is 71.4 Å². The molecule has 116 heavy (non-hydrogen) atoms. The van der Waals surface area contributed by atoms with Crippen molar-refractivity contribution in [2.24, 2.45) is 82.9 Å². The first-order valence-electron chi connectivity index (χ1n) is 34.7. The van der Waals surface area contributed by atoms with Crippen LogP contribution in [-0.4, -0.2) is 181 Å². The third-order valence-electron chi connectivity index (χ3n) is 20.8. The molecule has 0 radical (unpaired) electrons. The number of rotatable bonds is 26. The average Bonchev–Trinajstić information content (AvgIpc) is 0.942. The van der Waals surface area contributed by atoms with E-state index < -0.39 is 198 Å². The predicted molar refractivity (Wildman–Crippen MR) is 352 cm³/mol. The number of allylic oxidation sites excluding steroid dienone is 6. The highest BCUT2D eigenvalue weighted by molar-refractivity contribution is 5.86. The van der Waals surface area contributed by atoms with Gasteiger partial charge in [-0.3, -0.25) is 28.8 Å². The van der Waals surface area contributed by atoms with E-state index >= 15 is 8.78 Å². The van der Waals surface area contributed by atoms with Crippen LogP contribution in [0.25, 0.3) is 12.2 Å². The second kappa shape index (κ2) is 36.7. The van der Waals surface area contributed by atoms with Crippen molar-refractivity contribution in [3.63, 3.8) is 0 Å². The Morgan fingerprint density at radius 3 is 1.04 bits per heavy atom. The molecule has 9 rings (SSSR count). The number of hydrogen-bond acceptors (Lipinski definition) is 15. The lowest BCUT2D eigenvalue weighted by molar-refractivity contribution is -0.443. The van der Waals surface area contributed by atoms with Gasteiger partial charge in [-0.15, -0.1) is 6.58 Å². The summed E-state index contributed by atoms with van der Waals surface area (Å²) < 4.78 is 397. The monoisotopic (exact) mass is 1710 g/mol. The molecule has 3 saturated carbocycles. The SMILES string of the molecule is C=CC1OC(/C=C\c2ccccc2)C(C(=O)OC)C1C(=O)OC.CCO/C=C\C1CC(/C=C/C2OC(/C=C\c3ccccc3)C(C(=O)OC)C2C(=O)OC)CC1C(F)(F)C(F)(F)C(F)(F)C(F)(F)C(F)(F)C(F)(F)F.COC(=O)C1C2C=CC(C2)C1C(=O)OC.FC(F)(F)C(F)(F)C(F)(F)C(F)(F)C(F)(F)C(F)(F)C1CC2C=CC1C2. The summed E-state index contributed by atoms with van der Waals surface area (Å²) in [6, 6.07) is 18.1. The number of methoxy groups -OCH3 is 6. The summed E-state index contributed by atoms with van der Waals surface area (Å²) in [6.07, 6.45) is -2.72. The van der Waals surface area contributed by atoms with Crippen molar-refractivity contribution in [1.82, 2.24) is 0 Å². The lowest BCUT2D eigenvalue weighted by Crippen LogP contribution is -2.71. The van der Waals surface area contributed by atoms with E-state index in [2.05, 4.69) is 6.58 Å². The number of carbonyl (C=O) groups is 6. The van der Waals surface area contributed by atoms with Crippen LogP contribution in [0.15, 0.2) is 134 Å². The van der Waals surface area contributed by atoms with Crippen molar-refractivity contribution >= 4 is 48.0 Å². The molecule has 2 aromatic carbocycles. The highest BCUT2D eigenvalue weighted by Gasteiger charge is 2.93. The maximum absolute atomic E-state index is 15.4. The Hall–Kier alpha value is -8.66. The zero-order valence-corrected chi connectivity index (χ0v) is 61.6. The van der Waals surface area contributed by atoms with Crippen LogP contribution in [0.2, 0.25) is 0 Å². The van der Waals surface area contributed by atoms with Gasteiger partial charge in [-0.25, -0.2) is 0 Å². The van der Waals surface area contributed by atoms with Gasteiger partial charge in [0.15, 0.2) is 0 Å². The largest absolute Gasteiger partial charge is 0.502 e. The van der Waals surface area contributed by atoms with Crippen LogP contribution in [0.5, 0.6) is 0 Å². The van der Waals surface area contributed by atoms with Crippen molar-refractivity contribution < 1.29 is 186 Å². The molecule has 18 unspecified atom stereocenters. The third-order valence-corrected chi connectivity index (χ3v) is 20.8. The third kappa shape index (κ3) is 18.4. The standard InChI is InChI=1S/C33H33F13O6.C18H20O5.C13H9F13.C11H14O4/c1-4-51-15-14-20-16-19(17-21(20)28(34,35)29(36,37)30(38,39)31(40,41)32(42,43)33(44,45)46)11-13-23-25(27(48)50-3)24(26(47)49-2)22(52-23)12-10-18-8-6-5-7-9-18;1-4-13-15(17(19)21-2)16(18(20)22-3)14(23-13)11-10-12-8-6-5-7-9-12;14-8(15,7-4-5-1-2-6(7)3-5)9(16,17)10(18,19)11(20,21)12(22,23)13(24,25)26;1-14-10(12)8-6-3-4-7(5-6)9(8)11(13)15-2/h5-15,19-25H,4,16-17H2,1-3H3;4-11,13-16H,1H2,2-3H3;1-2,5-7H,3-4H2;3-4,6-9H,5H2,1-2H3/b12-10-,13-11+,15-14-;11-10-;;. The topological polar surface area (TPSA) is 185 Å². The summed E-state index contributed by atoms with van der Waals surface area (Å²) in [5.41, 5.74) is 1.62. The van der Waals surface area contributed by atoms with E-state index in [4.69, 9.17) is 42.6 Å². The number of ether oxygens (including phenoxy) is 9. The molecule has 2 saturated heterocycles. The van der Waals surface area contributed by atoms with Gasteiger partial charge in [-0.2, -0.15) is 114 Å². The molecular weight excluding hydrogens is 1630 g/mol. The molecule has 7 aliphatic rings. The van der Waals surface area contributed by atoms with Gasteiger partial charge in [0.1, 0.15) is 23.7 Å². The minimum absolute atomic E-state index is 0.115. The number of fused-ring (bicyclic) bond motifs is 4. The molecule has 0 amide bonds. The summed E-state index contributed by atoms with van der Waals surface area (Å²) in [6.45, 7) is 4.96. The van der Waals surface area contributed by atoms with Gasteiger partial charge < -0.3 is 42.6 Å². The molecule has 18 atom stereocenters. The van der Waals surface area contributed by atoms with Gasteiger partial charge in [-0.05, 0) is 91.7 Å². The summed E-state index contributed by atoms with van der Waals surface area (Å²) in [4.78, 5) is 73.0. The van der Waals surface area contributed by atoms with Crippen molar-refractivity contribution in [3.05, 3.63) is 145 Å². The molecule has 0 spiro atoms. The molecule has 4 bridgehead atoms. The second-order valence-corrected chi connectivity index (χ2v) is 27.5. The Bertz CT molecular complexity index is 3890. The second-order valence-electron chi connectivity index (χ2n) is 27.5. The summed E-state index contributed by atoms with van der Waals surface area (Å²) in [5, 5.41) is 0. The molecule has 5 aliphatic carbocycles. The lowest BCUT2D eigenvalue weighted by Gasteiger charge is -2.42. The summed E-state index contributed by atoms with van der Waals surface area (Å²) in [7, 11) is 7.28. The average molecular weight is 1710 g/mol. The normalized spacial score (nSPS) is 28.4. The van der Waals surface area contributed by atoms with Gasteiger partial charge in [0, 0.05) is 11.8 Å². The quantitative estimate of drug-likeness (QED) is 0.0284. The number of alkyl halides is 26. The molecule has 648 valence electrons. The van der Waals surface area contributed by atoms with Crippen molar-refractivity contribution in [1.29, 1.82) is 0 Å². The molecule has 2 aliphatic heterocycles. The minimum Gasteiger partial charge on any atom is -0.502 e. The van der Waals surface area contributed by atoms with Crippen LogP contribution in [0.1, 0.15) is 50.2 Å². The van der Waals surface area contributed by atoms with E-state index in [-0.39, 0.29) is 48.6 Å². The number of halogens is 26. The van der Waals surface area contributed by atoms with E-state index in [1.165, 1.54) is 53.6 Å². The number of carbonyl (C=O) groups excluding carboxylic acids is 6. The van der Waals surface area contributed by atoms with Crippen LogP contribution in [0.4, 0.5) is 114 Å². The molecule has 15 nitrogen and oxygen atoms in total. The molecule has 2 aromatic rings. The van der Waals surface area contributed by atoms with Crippen LogP contribution in [0, 0.1) is 82.9 Å². The molecular formula is C75H76F26O15. The van der Waals surface area contributed by atoms with Gasteiger partial charge in [0.25, 0.3) is 0 Å². The first kappa shape index (κ1) is 96.2. The Balaban J connectivity index is 0.000000270. The zero-order chi connectivity index (χ0) is 87.9. The van der Waals surface area contributed by atoms with Crippen molar-refractivity contribution in [2.45, 2.75) is 135 Å². The first-order valence-corrected chi connectivity index (χ1v) is 34.7. The fourth-order valence-corrected chi connectivity index (χ4v) is 14.8. The van der Waals surface area contributed by atoms with Crippen LogP contribution < -0.4 is 0 Å². The fraction of sp³-hybridized carbons (Fsp3) is 0.573. The van der Waals surface area contributed by atoms with E-state index in [0.717, 1.165) is 44.4 Å². The Labute approximate surface area is 644 Å². The predicted octanol–water partition coefficient (Wildman–Crippen LogP) is 17.5. The smallest absolute Gasteiger partial charge is 0.460 e. The fourth-order valence-electron chi connectivity index (χ4n) is 14.8. The molecule has 0 aromatic heterocycles. The number of esters is 6. The number of hydrogen-bond donors (Lipinski definition) is 0. The highest BCUT2D eigenvalue weighted by Crippen LogP contribution is 2.66. The number of benzene rings is 2. The summed E-state index contributed by atoms with van der Waals surface area (Å²) in [5.74, 6) is -93.2. The summed E-state index contributed by atoms with van der Waals surface area (Å²) >= 11 is 0. The van der Waals surface area contributed by atoms with E-state index in [1.807, 2.05) is 48.6 Å².